The molecule has 0 unspecified atom stereocenters. The van der Waals surface area contributed by atoms with E-state index in [2.05, 4.69) is 23.2 Å². The molecule has 1 aliphatic heterocycles. The van der Waals surface area contributed by atoms with Gasteiger partial charge < -0.3 is 15.0 Å². The van der Waals surface area contributed by atoms with Gasteiger partial charge in [-0.05, 0) is 36.8 Å². The van der Waals surface area contributed by atoms with Gasteiger partial charge >= 0.3 is 0 Å². The molecule has 1 aromatic heterocycles. The van der Waals surface area contributed by atoms with E-state index < -0.39 is 0 Å². The molecular formula is C17H21N3O2. The van der Waals surface area contributed by atoms with Crippen LogP contribution in [0.4, 0.5) is 11.5 Å². The van der Waals surface area contributed by atoms with Crippen molar-refractivity contribution in [3.8, 4) is 0 Å². The lowest BCUT2D eigenvalue weighted by atomic mass is 10.1. The molecule has 2 aromatic rings. The molecule has 0 bridgehead atoms. The minimum atomic E-state index is 0.0231. The number of carbonyl (C=O) groups excluding carboxylic acids is 1. The van der Waals surface area contributed by atoms with E-state index in [-0.39, 0.29) is 5.91 Å². The summed E-state index contributed by atoms with van der Waals surface area (Å²) in [5.74, 6) is 1.02. The first-order chi connectivity index (χ1) is 10.7. The van der Waals surface area contributed by atoms with Crippen LogP contribution in [0.25, 0.3) is 10.9 Å². The maximum atomic E-state index is 11.5. The summed E-state index contributed by atoms with van der Waals surface area (Å²) in [6.45, 7) is 7.18. The predicted molar refractivity (Wildman–Crippen MR) is 88.4 cm³/mol. The third-order valence-corrected chi connectivity index (χ3v) is 3.94. The minimum absolute atomic E-state index is 0.0231. The second-order valence-corrected chi connectivity index (χ2v) is 5.53. The highest BCUT2D eigenvalue weighted by atomic mass is 16.5. The average molecular weight is 299 g/mol. The molecule has 0 aliphatic carbocycles. The van der Waals surface area contributed by atoms with E-state index in [9.17, 15) is 4.79 Å². The molecule has 0 saturated carbocycles. The summed E-state index contributed by atoms with van der Waals surface area (Å²) in [5, 5.41) is 3.97. The van der Waals surface area contributed by atoms with Crippen LogP contribution in [0, 0.1) is 6.92 Å². The quantitative estimate of drug-likeness (QED) is 0.947. The minimum Gasteiger partial charge on any atom is -0.378 e. The van der Waals surface area contributed by atoms with Crippen LogP contribution < -0.4 is 10.2 Å². The second kappa shape index (κ2) is 6.32. The zero-order valence-electron chi connectivity index (χ0n) is 13.1. The molecule has 1 fully saturated rings. The predicted octanol–water partition coefficient (Wildman–Crippen LogP) is 2.73. The highest BCUT2D eigenvalue weighted by molar-refractivity contribution is 5.94. The summed E-state index contributed by atoms with van der Waals surface area (Å²) in [4.78, 5) is 18.5. The molecule has 0 spiro atoms. The topological polar surface area (TPSA) is 54.5 Å². The Morgan fingerprint density at radius 2 is 2.09 bits per heavy atom. The van der Waals surface area contributed by atoms with Gasteiger partial charge in [-0.1, -0.05) is 6.92 Å². The number of hydrogen-bond acceptors (Lipinski definition) is 4. The van der Waals surface area contributed by atoms with Gasteiger partial charge in [0.2, 0.25) is 5.91 Å². The van der Waals surface area contributed by atoms with Crippen LogP contribution in [-0.4, -0.2) is 37.2 Å². The number of fused-ring (bicyclic) bond motifs is 1. The first-order valence-corrected chi connectivity index (χ1v) is 7.71. The fraction of sp³-hybridized carbons (Fsp3) is 0.412. The van der Waals surface area contributed by atoms with E-state index in [1.54, 1.807) is 0 Å². The largest absolute Gasteiger partial charge is 0.378 e. The van der Waals surface area contributed by atoms with Crippen molar-refractivity contribution in [1.82, 2.24) is 4.98 Å². The number of anilines is 2. The third kappa shape index (κ3) is 3.04. The number of rotatable bonds is 3. The Balaban J connectivity index is 1.93. The maximum absolute atomic E-state index is 11.5. The van der Waals surface area contributed by atoms with Crippen LogP contribution in [0.15, 0.2) is 24.3 Å². The van der Waals surface area contributed by atoms with Gasteiger partial charge in [-0.3, -0.25) is 4.79 Å². The van der Waals surface area contributed by atoms with Crippen LogP contribution in [-0.2, 0) is 9.53 Å². The molecule has 1 aromatic carbocycles. The van der Waals surface area contributed by atoms with Gasteiger partial charge in [0.05, 0.1) is 18.7 Å². The van der Waals surface area contributed by atoms with Crippen molar-refractivity contribution in [2.24, 2.45) is 0 Å². The second-order valence-electron chi connectivity index (χ2n) is 5.53. The number of aromatic nitrogens is 1. The molecule has 1 saturated heterocycles. The van der Waals surface area contributed by atoms with Gasteiger partial charge in [0.15, 0.2) is 0 Å². The molecule has 5 nitrogen and oxygen atoms in total. The molecule has 22 heavy (non-hydrogen) atoms. The van der Waals surface area contributed by atoms with Crippen LogP contribution >= 0.6 is 0 Å². The van der Waals surface area contributed by atoms with E-state index in [0.29, 0.717) is 6.42 Å². The van der Waals surface area contributed by atoms with Gasteiger partial charge in [0.1, 0.15) is 5.82 Å². The van der Waals surface area contributed by atoms with Crippen LogP contribution in [0.2, 0.25) is 0 Å². The molecule has 3 rings (SSSR count). The van der Waals surface area contributed by atoms with Crippen molar-refractivity contribution < 1.29 is 9.53 Å². The molecule has 1 aliphatic rings. The summed E-state index contributed by atoms with van der Waals surface area (Å²) in [6.07, 6.45) is 0.477. The lowest BCUT2D eigenvalue weighted by Gasteiger charge is -2.28. The zero-order chi connectivity index (χ0) is 15.5. The highest BCUT2D eigenvalue weighted by Gasteiger charge is 2.14. The molecule has 5 heteroatoms. The Labute approximate surface area is 130 Å². The molecule has 2 heterocycles. The summed E-state index contributed by atoms with van der Waals surface area (Å²) >= 11 is 0. The first-order valence-electron chi connectivity index (χ1n) is 7.71. The Morgan fingerprint density at radius 1 is 1.32 bits per heavy atom. The average Bonchev–Trinajstić information content (AvgIpc) is 2.56. The molecule has 0 atom stereocenters. The first kappa shape index (κ1) is 14.8. The number of aryl methyl sites for hydroxylation is 1. The number of pyridine rings is 1. The molecular weight excluding hydrogens is 278 g/mol. The highest BCUT2D eigenvalue weighted by Crippen LogP contribution is 2.25. The van der Waals surface area contributed by atoms with Gasteiger partial charge in [-0.25, -0.2) is 4.98 Å². The van der Waals surface area contributed by atoms with Crippen molar-refractivity contribution in [3.63, 3.8) is 0 Å². The monoisotopic (exact) mass is 299 g/mol. The number of amides is 1. The fourth-order valence-corrected chi connectivity index (χ4v) is 2.66. The smallest absolute Gasteiger partial charge is 0.224 e. The molecule has 1 N–H and O–H groups in total. The van der Waals surface area contributed by atoms with Gasteiger partial charge in [0.25, 0.3) is 0 Å². The molecule has 1 amide bonds. The SMILES string of the molecule is CCC(=O)Nc1ccc2nc(N3CCOCC3)cc(C)c2c1. The Hall–Kier alpha value is -2.14. The van der Waals surface area contributed by atoms with E-state index in [1.807, 2.05) is 25.1 Å². The molecule has 0 radical (unpaired) electrons. The Morgan fingerprint density at radius 3 is 2.82 bits per heavy atom. The van der Waals surface area contributed by atoms with Crippen LogP contribution in [0.3, 0.4) is 0 Å². The van der Waals surface area contributed by atoms with E-state index >= 15 is 0 Å². The fourth-order valence-electron chi connectivity index (χ4n) is 2.66. The summed E-state index contributed by atoms with van der Waals surface area (Å²) in [5.41, 5.74) is 2.94. The number of ether oxygens (including phenoxy) is 1. The maximum Gasteiger partial charge on any atom is 0.224 e. The Kier molecular flexibility index (Phi) is 4.24. The number of benzene rings is 1. The van der Waals surface area contributed by atoms with Crippen molar-refractivity contribution >= 4 is 28.3 Å². The van der Waals surface area contributed by atoms with E-state index in [0.717, 1.165) is 48.7 Å². The van der Waals surface area contributed by atoms with Gasteiger partial charge in [0, 0.05) is 30.6 Å². The normalized spacial score (nSPS) is 15.1. The van der Waals surface area contributed by atoms with Crippen LogP contribution in [0.1, 0.15) is 18.9 Å². The zero-order valence-corrected chi connectivity index (χ0v) is 13.1. The van der Waals surface area contributed by atoms with Crippen molar-refractivity contribution in [1.29, 1.82) is 0 Å². The third-order valence-electron chi connectivity index (χ3n) is 3.94. The van der Waals surface area contributed by atoms with Crippen LogP contribution in [0.5, 0.6) is 0 Å². The number of nitrogens with one attached hydrogen (secondary N) is 1. The summed E-state index contributed by atoms with van der Waals surface area (Å²) in [6, 6.07) is 7.98. The number of hydrogen-bond donors (Lipinski definition) is 1. The Bertz CT molecular complexity index is 694. The van der Waals surface area contributed by atoms with Crippen molar-refractivity contribution in [2.45, 2.75) is 20.3 Å². The van der Waals surface area contributed by atoms with Gasteiger partial charge in [-0.2, -0.15) is 0 Å². The summed E-state index contributed by atoms with van der Waals surface area (Å²) < 4.78 is 5.39. The van der Waals surface area contributed by atoms with Gasteiger partial charge in [-0.15, -0.1) is 0 Å². The summed E-state index contributed by atoms with van der Waals surface area (Å²) in [7, 11) is 0. The van der Waals surface area contributed by atoms with E-state index in [1.165, 1.54) is 5.56 Å². The number of carbonyl (C=O) groups is 1. The lowest BCUT2D eigenvalue weighted by molar-refractivity contribution is -0.115. The van der Waals surface area contributed by atoms with E-state index in [4.69, 9.17) is 9.72 Å². The van der Waals surface area contributed by atoms with Crippen molar-refractivity contribution in [3.05, 3.63) is 29.8 Å². The standard InChI is InChI=1S/C17H21N3O2/c1-3-17(21)18-13-4-5-15-14(11-13)12(2)10-16(19-15)20-6-8-22-9-7-20/h4-5,10-11H,3,6-9H2,1-2H3,(H,18,21). The number of morpholine rings is 1. The molecule has 116 valence electrons. The number of nitrogens with zero attached hydrogens (tertiary/aromatic N) is 2. The van der Waals surface area contributed by atoms with Crippen molar-refractivity contribution in [2.75, 3.05) is 36.5 Å². The lowest BCUT2D eigenvalue weighted by Crippen LogP contribution is -2.36.